The van der Waals surface area contributed by atoms with Gasteiger partial charge < -0.3 is 10.5 Å². The first-order chi connectivity index (χ1) is 7.27. The Morgan fingerprint density at radius 3 is 2.31 bits per heavy atom. The molecule has 0 aromatic carbocycles. The summed E-state index contributed by atoms with van der Waals surface area (Å²) in [5.74, 6) is 0. The maximum absolute atomic E-state index is 11.0. The zero-order chi connectivity index (χ0) is 12.4. The number of hydrogen-bond donors (Lipinski definition) is 1. The molecule has 1 atom stereocenters. The molecular formula is C12H18N2O2. The molecular weight excluding hydrogens is 204 g/mol. The Bertz CT molecular complexity index is 370. The van der Waals surface area contributed by atoms with E-state index in [9.17, 15) is 4.79 Å². The molecule has 0 aliphatic carbocycles. The second-order valence-corrected chi connectivity index (χ2v) is 4.92. The van der Waals surface area contributed by atoms with Gasteiger partial charge in [0.25, 0.3) is 0 Å². The van der Waals surface area contributed by atoms with Crippen LogP contribution >= 0.6 is 0 Å². The number of carbonyl (C=O) groups is 1. The van der Waals surface area contributed by atoms with E-state index in [-0.39, 0.29) is 5.41 Å². The van der Waals surface area contributed by atoms with E-state index >= 15 is 0 Å². The van der Waals surface area contributed by atoms with Crippen LogP contribution in [-0.4, -0.2) is 11.1 Å². The third-order valence-corrected chi connectivity index (χ3v) is 2.89. The number of amides is 1. The fourth-order valence-corrected chi connectivity index (χ4v) is 1.44. The molecule has 1 unspecified atom stereocenters. The van der Waals surface area contributed by atoms with Gasteiger partial charge in [0.2, 0.25) is 0 Å². The SMILES string of the molecule is CC(C)(C)C(C)(OC(N)=O)c1ccccn1. The number of hydrogen-bond acceptors (Lipinski definition) is 3. The van der Waals surface area contributed by atoms with E-state index in [1.54, 1.807) is 6.20 Å². The van der Waals surface area contributed by atoms with Crippen LogP contribution in [0.3, 0.4) is 0 Å². The van der Waals surface area contributed by atoms with E-state index in [1.165, 1.54) is 0 Å². The number of nitrogens with zero attached hydrogens (tertiary/aromatic N) is 1. The lowest BCUT2D eigenvalue weighted by Crippen LogP contribution is -2.43. The molecule has 0 fully saturated rings. The lowest BCUT2D eigenvalue weighted by Gasteiger charge is -2.39. The summed E-state index contributed by atoms with van der Waals surface area (Å²) in [6.45, 7) is 7.75. The van der Waals surface area contributed by atoms with Crippen LogP contribution in [0.5, 0.6) is 0 Å². The Labute approximate surface area is 95.8 Å². The Morgan fingerprint density at radius 2 is 1.94 bits per heavy atom. The van der Waals surface area contributed by atoms with Crippen LogP contribution in [0.15, 0.2) is 24.4 Å². The molecule has 4 nitrogen and oxygen atoms in total. The summed E-state index contributed by atoms with van der Waals surface area (Å²) < 4.78 is 5.26. The van der Waals surface area contributed by atoms with Crippen molar-refractivity contribution in [2.45, 2.75) is 33.3 Å². The maximum Gasteiger partial charge on any atom is 0.405 e. The average molecular weight is 222 g/mol. The third-order valence-electron chi connectivity index (χ3n) is 2.89. The average Bonchev–Trinajstić information content (AvgIpc) is 2.16. The molecule has 0 saturated carbocycles. The smallest absolute Gasteiger partial charge is 0.405 e. The first-order valence-electron chi connectivity index (χ1n) is 5.17. The van der Waals surface area contributed by atoms with E-state index in [1.807, 2.05) is 45.9 Å². The number of ether oxygens (including phenoxy) is 1. The highest BCUT2D eigenvalue weighted by atomic mass is 16.6. The summed E-state index contributed by atoms with van der Waals surface area (Å²) in [5, 5.41) is 0. The largest absolute Gasteiger partial charge is 0.436 e. The van der Waals surface area contributed by atoms with Gasteiger partial charge in [0, 0.05) is 11.6 Å². The Kier molecular flexibility index (Phi) is 3.21. The van der Waals surface area contributed by atoms with Gasteiger partial charge in [-0.3, -0.25) is 4.98 Å². The minimum absolute atomic E-state index is 0.295. The second-order valence-electron chi connectivity index (χ2n) is 4.92. The van der Waals surface area contributed by atoms with Crippen LogP contribution in [0.25, 0.3) is 0 Å². The van der Waals surface area contributed by atoms with Crippen molar-refractivity contribution in [2.75, 3.05) is 0 Å². The Balaban J connectivity index is 3.21. The van der Waals surface area contributed by atoms with Crippen molar-refractivity contribution in [1.82, 2.24) is 4.98 Å². The number of aromatic nitrogens is 1. The number of carbonyl (C=O) groups excluding carboxylic acids is 1. The van der Waals surface area contributed by atoms with Crippen LogP contribution in [0.1, 0.15) is 33.4 Å². The highest BCUT2D eigenvalue weighted by molar-refractivity contribution is 5.65. The molecule has 1 amide bonds. The molecule has 16 heavy (non-hydrogen) atoms. The van der Waals surface area contributed by atoms with Crippen molar-refractivity contribution in [2.24, 2.45) is 11.1 Å². The van der Waals surface area contributed by atoms with Gasteiger partial charge in [0.05, 0.1) is 5.69 Å². The van der Waals surface area contributed by atoms with Crippen LogP contribution in [0.4, 0.5) is 4.79 Å². The molecule has 88 valence electrons. The summed E-state index contributed by atoms with van der Waals surface area (Å²) in [5.41, 5.74) is 4.69. The molecule has 1 aromatic heterocycles. The van der Waals surface area contributed by atoms with E-state index in [0.29, 0.717) is 5.69 Å². The minimum atomic E-state index is -0.833. The van der Waals surface area contributed by atoms with Gasteiger partial charge in [-0.1, -0.05) is 26.8 Å². The quantitative estimate of drug-likeness (QED) is 0.835. The van der Waals surface area contributed by atoms with Crippen LogP contribution in [0.2, 0.25) is 0 Å². The predicted octanol–water partition coefficient (Wildman–Crippen LogP) is 2.44. The predicted molar refractivity (Wildman–Crippen MR) is 61.7 cm³/mol. The first-order valence-corrected chi connectivity index (χ1v) is 5.17. The van der Waals surface area contributed by atoms with Gasteiger partial charge in [-0.05, 0) is 19.1 Å². The van der Waals surface area contributed by atoms with Gasteiger partial charge in [-0.2, -0.15) is 0 Å². The van der Waals surface area contributed by atoms with Crippen molar-refractivity contribution in [3.8, 4) is 0 Å². The monoisotopic (exact) mass is 222 g/mol. The summed E-state index contributed by atoms with van der Waals surface area (Å²) in [7, 11) is 0. The number of nitrogens with two attached hydrogens (primary N) is 1. The molecule has 0 bridgehead atoms. The molecule has 4 heteroatoms. The standard InChI is InChI=1S/C12H18N2O2/c1-11(2,3)12(4,16-10(13)15)9-7-5-6-8-14-9/h5-8H,1-4H3,(H2,13,15). The van der Waals surface area contributed by atoms with Gasteiger partial charge >= 0.3 is 6.09 Å². The topological polar surface area (TPSA) is 65.2 Å². The fourth-order valence-electron chi connectivity index (χ4n) is 1.44. The molecule has 1 rings (SSSR count). The molecule has 2 N–H and O–H groups in total. The van der Waals surface area contributed by atoms with E-state index < -0.39 is 11.7 Å². The lowest BCUT2D eigenvalue weighted by atomic mass is 9.75. The van der Waals surface area contributed by atoms with Crippen molar-refractivity contribution < 1.29 is 9.53 Å². The van der Waals surface area contributed by atoms with Gasteiger partial charge in [0.1, 0.15) is 0 Å². The van der Waals surface area contributed by atoms with Crippen molar-refractivity contribution in [3.05, 3.63) is 30.1 Å². The molecule has 0 aliphatic rings. The Morgan fingerprint density at radius 1 is 1.31 bits per heavy atom. The van der Waals surface area contributed by atoms with E-state index in [2.05, 4.69) is 4.98 Å². The zero-order valence-corrected chi connectivity index (χ0v) is 10.2. The third kappa shape index (κ3) is 2.32. The van der Waals surface area contributed by atoms with E-state index in [0.717, 1.165) is 0 Å². The molecule has 1 aromatic rings. The van der Waals surface area contributed by atoms with Crippen molar-refractivity contribution >= 4 is 6.09 Å². The number of pyridine rings is 1. The summed E-state index contributed by atoms with van der Waals surface area (Å²) in [4.78, 5) is 15.2. The second kappa shape index (κ2) is 4.12. The number of rotatable bonds is 2. The normalized spacial score (nSPS) is 15.2. The Hall–Kier alpha value is -1.58. The fraction of sp³-hybridized carbons (Fsp3) is 0.500. The highest BCUT2D eigenvalue weighted by Crippen LogP contribution is 2.41. The number of primary amides is 1. The van der Waals surface area contributed by atoms with Gasteiger partial charge in [-0.15, -0.1) is 0 Å². The molecule has 0 spiro atoms. The van der Waals surface area contributed by atoms with Crippen molar-refractivity contribution in [3.63, 3.8) is 0 Å². The van der Waals surface area contributed by atoms with Gasteiger partial charge in [-0.25, -0.2) is 4.79 Å². The van der Waals surface area contributed by atoms with E-state index in [4.69, 9.17) is 10.5 Å². The lowest BCUT2D eigenvalue weighted by molar-refractivity contribution is -0.0590. The molecule has 0 aliphatic heterocycles. The van der Waals surface area contributed by atoms with Crippen LogP contribution in [0, 0.1) is 5.41 Å². The highest BCUT2D eigenvalue weighted by Gasteiger charge is 2.43. The van der Waals surface area contributed by atoms with Gasteiger partial charge in [0.15, 0.2) is 5.60 Å². The molecule has 0 radical (unpaired) electrons. The zero-order valence-electron chi connectivity index (χ0n) is 10.2. The van der Waals surface area contributed by atoms with Crippen LogP contribution in [-0.2, 0) is 10.3 Å². The summed E-state index contributed by atoms with van der Waals surface area (Å²) in [6, 6.07) is 5.50. The van der Waals surface area contributed by atoms with Crippen LogP contribution < -0.4 is 5.73 Å². The summed E-state index contributed by atoms with van der Waals surface area (Å²) >= 11 is 0. The van der Waals surface area contributed by atoms with Crippen molar-refractivity contribution in [1.29, 1.82) is 0 Å². The maximum atomic E-state index is 11.0. The minimum Gasteiger partial charge on any atom is -0.436 e. The molecule has 0 saturated heterocycles. The summed E-state index contributed by atoms with van der Waals surface area (Å²) in [6.07, 6.45) is 0.881. The first kappa shape index (κ1) is 12.5. The molecule has 1 heterocycles.